The van der Waals surface area contributed by atoms with Gasteiger partial charge >= 0.3 is 0 Å². The first-order valence-corrected chi connectivity index (χ1v) is 8.02. The minimum Gasteiger partial charge on any atom is -0.489 e. The highest BCUT2D eigenvalue weighted by Gasteiger charge is 2.55. The fourth-order valence-corrected chi connectivity index (χ4v) is 4.26. The summed E-state index contributed by atoms with van der Waals surface area (Å²) in [6.07, 6.45) is 7.04. The Labute approximate surface area is 129 Å². The Bertz CT molecular complexity index is 554. The van der Waals surface area contributed by atoms with Crippen LogP contribution in [0.4, 0.5) is 5.69 Å². The van der Waals surface area contributed by atoms with E-state index in [1.807, 2.05) is 6.92 Å². The van der Waals surface area contributed by atoms with Crippen molar-refractivity contribution in [1.82, 2.24) is 0 Å². The third-order valence-electron chi connectivity index (χ3n) is 5.11. The van der Waals surface area contributed by atoms with Gasteiger partial charge in [0.25, 0.3) is 5.69 Å². The zero-order valence-corrected chi connectivity index (χ0v) is 12.9. The molecule has 2 aliphatic carbocycles. The van der Waals surface area contributed by atoms with E-state index >= 15 is 0 Å². The Morgan fingerprint density at radius 3 is 2.62 bits per heavy atom. The summed E-state index contributed by atoms with van der Waals surface area (Å²) in [5.74, 6) is 0.749. The monoisotopic (exact) mass is 309 g/mol. The van der Waals surface area contributed by atoms with E-state index in [9.17, 15) is 10.1 Å². The van der Waals surface area contributed by atoms with Gasteiger partial charge in [0, 0.05) is 29.3 Å². The Kier molecular flexibility index (Phi) is 3.82. The van der Waals surface area contributed by atoms with Crippen molar-refractivity contribution in [3.63, 3.8) is 0 Å². The Balaban J connectivity index is 1.76. The number of nitro benzene ring substituents is 1. The number of benzene rings is 1. The molecule has 2 unspecified atom stereocenters. The average Bonchev–Trinajstić information content (AvgIpc) is 2.49. The number of non-ortho nitro benzene ring substituents is 1. The van der Waals surface area contributed by atoms with Crippen LogP contribution in [0.15, 0.2) is 18.2 Å². The van der Waals surface area contributed by atoms with E-state index in [1.54, 1.807) is 12.1 Å². The summed E-state index contributed by atoms with van der Waals surface area (Å²) in [5, 5.41) is 11.0. The van der Waals surface area contributed by atoms with Crippen LogP contribution in [0.1, 0.15) is 44.1 Å². The van der Waals surface area contributed by atoms with Crippen molar-refractivity contribution < 1.29 is 9.66 Å². The molecule has 0 aromatic heterocycles. The Morgan fingerprint density at radius 1 is 1.33 bits per heavy atom. The molecule has 2 aliphatic rings. The zero-order chi connectivity index (χ0) is 15.0. The van der Waals surface area contributed by atoms with Crippen LogP contribution in [-0.4, -0.2) is 16.4 Å². The van der Waals surface area contributed by atoms with Crippen molar-refractivity contribution in [2.45, 2.75) is 56.9 Å². The number of ether oxygens (including phenoxy) is 1. The maximum Gasteiger partial charge on any atom is 0.269 e. The number of hydrogen-bond acceptors (Lipinski definition) is 3. The molecule has 5 heteroatoms. The summed E-state index contributed by atoms with van der Waals surface area (Å²) >= 11 is 6.48. The minimum absolute atomic E-state index is 0.107. The molecule has 114 valence electrons. The number of rotatable bonds is 3. The topological polar surface area (TPSA) is 52.4 Å². The summed E-state index contributed by atoms with van der Waals surface area (Å²) in [6, 6.07) is 4.79. The van der Waals surface area contributed by atoms with E-state index in [2.05, 4.69) is 0 Å². The first-order valence-electron chi connectivity index (χ1n) is 7.59. The van der Waals surface area contributed by atoms with E-state index < -0.39 is 0 Å². The summed E-state index contributed by atoms with van der Waals surface area (Å²) < 4.78 is 6.17. The molecule has 1 spiro atoms. The van der Waals surface area contributed by atoms with Crippen LogP contribution in [0.5, 0.6) is 5.75 Å². The quantitative estimate of drug-likeness (QED) is 0.465. The zero-order valence-electron chi connectivity index (χ0n) is 12.2. The van der Waals surface area contributed by atoms with Crippen LogP contribution in [0.2, 0.25) is 0 Å². The molecule has 0 heterocycles. The number of aryl methyl sites for hydroxylation is 1. The van der Waals surface area contributed by atoms with Gasteiger partial charge < -0.3 is 4.74 Å². The molecule has 0 aliphatic heterocycles. The molecule has 3 rings (SSSR count). The normalized spacial score (nSPS) is 27.1. The lowest BCUT2D eigenvalue weighted by atomic mass is 9.58. The van der Waals surface area contributed by atoms with Crippen LogP contribution in [0, 0.1) is 22.5 Å². The molecule has 2 atom stereocenters. The van der Waals surface area contributed by atoms with Gasteiger partial charge in [-0.2, -0.15) is 0 Å². The summed E-state index contributed by atoms with van der Waals surface area (Å²) in [7, 11) is 0. The molecule has 0 saturated heterocycles. The largest absolute Gasteiger partial charge is 0.489 e. The molecule has 0 radical (unpaired) electrons. The molecule has 0 N–H and O–H groups in total. The first-order chi connectivity index (χ1) is 10.0. The van der Waals surface area contributed by atoms with Gasteiger partial charge in [-0.05, 0) is 31.4 Å². The lowest BCUT2D eigenvalue weighted by Gasteiger charge is -2.55. The molecule has 21 heavy (non-hydrogen) atoms. The van der Waals surface area contributed by atoms with Crippen molar-refractivity contribution in [3.05, 3.63) is 33.9 Å². The van der Waals surface area contributed by atoms with Gasteiger partial charge in [-0.3, -0.25) is 10.1 Å². The van der Waals surface area contributed by atoms with Crippen LogP contribution < -0.4 is 4.74 Å². The van der Waals surface area contributed by atoms with Crippen molar-refractivity contribution in [1.29, 1.82) is 0 Å². The highest BCUT2D eigenvalue weighted by Crippen LogP contribution is 2.55. The van der Waals surface area contributed by atoms with Gasteiger partial charge in [-0.15, -0.1) is 11.6 Å². The van der Waals surface area contributed by atoms with Gasteiger partial charge in [0.2, 0.25) is 0 Å². The van der Waals surface area contributed by atoms with E-state index in [0.29, 0.717) is 0 Å². The lowest BCUT2D eigenvalue weighted by Crippen LogP contribution is -2.58. The van der Waals surface area contributed by atoms with E-state index in [1.165, 1.54) is 25.3 Å². The summed E-state index contributed by atoms with van der Waals surface area (Å²) in [4.78, 5) is 10.4. The molecule has 4 nitrogen and oxygen atoms in total. The predicted octanol–water partition coefficient (Wildman–Crippen LogP) is 4.61. The van der Waals surface area contributed by atoms with Gasteiger partial charge in [-0.25, -0.2) is 0 Å². The average molecular weight is 310 g/mol. The molecule has 0 amide bonds. The maximum atomic E-state index is 10.8. The van der Waals surface area contributed by atoms with Crippen LogP contribution in [-0.2, 0) is 0 Å². The van der Waals surface area contributed by atoms with Crippen molar-refractivity contribution >= 4 is 17.3 Å². The smallest absolute Gasteiger partial charge is 0.269 e. The van der Waals surface area contributed by atoms with E-state index in [-0.39, 0.29) is 27.5 Å². The molecular formula is C16H20ClNO3. The Morgan fingerprint density at radius 2 is 2.05 bits per heavy atom. The lowest BCUT2D eigenvalue weighted by molar-refractivity contribution is -0.384. The molecule has 1 aromatic carbocycles. The van der Waals surface area contributed by atoms with Gasteiger partial charge in [0.1, 0.15) is 11.9 Å². The number of hydrogen-bond donors (Lipinski definition) is 0. The summed E-state index contributed by atoms with van der Waals surface area (Å²) in [6.45, 7) is 1.85. The first kappa shape index (κ1) is 14.6. The molecule has 1 aromatic rings. The van der Waals surface area contributed by atoms with Crippen LogP contribution >= 0.6 is 11.6 Å². The highest BCUT2D eigenvalue weighted by molar-refractivity contribution is 6.21. The molecule has 2 fully saturated rings. The number of alkyl halides is 1. The third kappa shape index (κ3) is 2.50. The van der Waals surface area contributed by atoms with Crippen LogP contribution in [0.3, 0.4) is 0 Å². The fourth-order valence-electron chi connectivity index (χ4n) is 3.74. The van der Waals surface area contributed by atoms with Crippen LogP contribution in [0.25, 0.3) is 0 Å². The molecule has 2 saturated carbocycles. The van der Waals surface area contributed by atoms with Gasteiger partial charge in [-0.1, -0.05) is 19.3 Å². The predicted molar refractivity (Wildman–Crippen MR) is 82.0 cm³/mol. The second-order valence-corrected chi connectivity index (χ2v) is 6.84. The number of halogens is 1. The fraction of sp³-hybridized carbons (Fsp3) is 0.625. The number of nitrogens with zero attached hydrogens (tertiary/aromatic N) is 1. The summed E-state index contributed by atoms with van der Waals surface area (Å²) in [5.41, 5.74) is 1.04. The van der Waals surface area contributed by atoms with Gasteiger partial charge in [0.15, 0.2) is 0 Å². The standard InChI is InChI=1S/C16H20ClNO3/c1-11-9-12(18(19)20)5-6-13(11)21-15-10-14(17)16(15)7-3-2-4-8-16/h5-6,9,14-15H,2-4,7-8,10H2,1H3. The SMILES string of the molecule is Cc1cc([N+](=O)[O-])ccc1OC1CC(Cl)C12CCCCC2. The third-order valence-corrected chi connectivity index (χ3v) is 5.72. The molecular weight excluding hydrogens is 290 g/mol. The van der Waals surface area contributed by atoms with E-state index in [4.69, 9.17) is 16.3 Å². The van der Waals surface area contributed by atoms with Gasteiger partial charge in [0.05, 0.1) is 4.92 Å². The Hall–Kier alpha value is -1.29. The van der Waals surface area contributed by atoms with Crippen molar-refractivity contribution in [2.75, 3.05) is 0 Å². The minimum atomic E-state index is -0.377. The van der Waals surface area contributed by atoms with E-state index in [0.717, 1.165) is 30.6 Å². The van der Waals surface area contributed by atoms with Crippen molar-refractivity contribution in [3.8, 4) is 5.75 Å². The van der Waals surface area contributed by atoms with Crippen molar-refractivity contribution in [2.24, 2.45) is 5.41 Å². The second kappa shape index (κ2) is 5.48. The molecule has 0 bridgehead atoms. The highest BCUT2D eigenvalue weighted by atomic mass is 35.5. The number of nitro groups is 1. The second-order valence-electron chi connectivity index (χ2n) is 6.31. The maximum absolute atomic E-state index is 10.8.